The first-order valence-electron chi connectivity index (χ1n) is 8.50. The largest absolute Gasteiger partial charge is 0.493 e. The van der Waals surface area contributed by atoms with Crippen LogP contribution in [-0.2, 0) is 5.75 Å². The first-order chi connectivity index (χ1) is 13.7. The summed E-state index contributed by atoms with van der Waals surface area (Å²) in [5.41, 5.74) is 1.64. The highest BCUT2D eigenvalue weighted by atomic mass is 79.9. The van der Waals surface area contributed by atoms with Crippen molar-refractivity contribution < 1.29 is 13.7 Å². The number of benzene rings is 2. The van der Waals surface area contributed by atoms with Gasteiger partial charge in [0.1, 0.15) is 5.75 Å². The number of aromatic nitrogens is 4. The second kappa shape index (κ2) is 8.57. The van der Waals surface area contributed by atoms with Crippen LogP contribution >= 0.6 is 27.7 Å². The molecule has 4 aromatic rings. The second-order valence-electron chi connectivity index (χ2n) is 5.61. The Labute approximate surface area is 173 Å². The van der Waals surface area contributed by atoms with E-state index in [9.17, 15) is 0 Å². The van der Waals surface area contributed by atoms with Gasteiger partial charge in [0, 0.05) is 10.0 Å². The third kappa shape index (κ3) is 4.26. The van der Waals surface area contributed by atoms with Gasteiger partial charge in [0.15, 0.2) is 0 Å². The topological polar surface area (TPSA) is 87.1 Å². The van der Waals surface area contributed by atoms with E-state index in [0.717, 1.165) is 15.6 Å². The van der Waals surface area contributed by atoms with Gasteiger partial charge in [-0.2, -0.15) is 4.98 Å². The van der Waals surface area contributed by atoms with Crippen molar-refractivity contribution in [1.82, 2.24) is 20.3 Å². The van der Waals surface area contributed by atoms with Crippen LogP contribution in [0.25, 0.3) is 22.8 Å². The molecule has 0 saturated carbocycles. The summed E-state index contributed by atoms with van der Waals surface area (Å²) >= 11 is 4.77. The lowest BCUT2D eigenvalue weighted by Gasteiger charge is -2.05. The Kier molecular flexibility index (Phi) is 5.73. The van der Waals surface area contributed by atoms with Crippen molar-refractivity contribution in [3.8, 4) is 28.6 Å². The molecule has 0 atom stereocenters. The Bertz CT molecular complexity index is 1080. The third-order valence-corrected chi connectivity index (χ3v) is 4.99. The normalized spacial score (nSPS) is 10.9. The van der Waals surface area contributed by atoms with Gasteiger partial charge in [0.05, 0.1) is 17.9 Å². The summed E-state index contributed by atoms with van der Waals surface area (Å²) < 4.78 is 17.6. The number of nitrogens with zero attached hydrogens (tertiary/aromatic N) is 4. The maximum atomic E-state index is 5.75. The molecule has 4 rings (SSSR count). The molecule has 0 aliphatic rings. The van der Waals surface area contributed by atoms with Gasteiger partial charge in [-0.05, 0) is 31.2 Å². The summed E-state index contributed by atoms with van der Waals surface area (Å²) in [5, 5.41) is 12.6. The molecule has 0 N–H and O–H groups in total. The molecule has 0 aliphatic heterocycles. The fraction of sp³-hybridized carbons (Fsp3) is 0.158. The molecule has 0 amide bonds. The van der Waals surface area contributed by atoms with E-state index >= 15 is 0 Å². The SMILES string of the molecule is CCOc1ccccc1-c1nnc(SCc2nc(-c3cccc(Br)c3)no2)o1. The summed E-state index contributed by atoms with van der Waals surface area (Å²) in [7, 11) is 0. The van der Waals surface area contributed by atoms with E-state index < -0.39 is 0 Å². The van der Waals surface area contributed by atoms with E-state index in [0.29, 0.717) is 40.9 Å². The minimum absolute atomic E-state index is 0.409. The smallest absolute Gasteiger partial charge is 0.277 e. The zero-order valence-electron chi connectivity index (χ0n) is 14.8. The highest BCUT2D eigenvalue weighted by Gasteiger charge is 2.15. The zero-order valence-corrected chi connectivity index (χ0v) is 17.2. The van der Waals surface area contributed by atoms with Crippen LogP contribution in [0.4, 0.5) is 0 Å². The average Bonchev–Trinajstić information content (AvgIpc) is 3.37. The lowest BCUT2D eigenvalue weighted by atomic mass is 10.2. The monoisotopic (exact) mass is 458 g/mol. The highest BCUT2D eigenvalue weighted by molar-refractivity contribution is 9.10. The van der Waals surface area contributed by atoms with Crippen LogP contribution in [0, 0.1) is 0 Å². The Morgan fingerprint density at radius 3 is 2.86 bits per heavy atom. The molecule has 0 spiro atoms. The van der Waals surface area contributed by atoms with Gasteiger partial charge in [-0.1, -0.05) is 57.1 Å². The Morgan fingerprint density at radius 2 is 2.00 bits per heavy atom. The molecule has 2 heterocycles. The quantitative estimate of drug-likeness (QED) is 0.347. The standard InChI is InChI=1S/C19H15BrN4O3S/c1-2-25-15-9-4-3-8-14(15)18-22-23-19(26-18)28-11-16-21-17(24-27-16)12-6-5-7-13(20)10-12/h3-10H,2,11H2,1H3. The van der Waals surface area contributed by atoms with Crippen LogP contribution in [0.3, 0.4) is 0 Å². The Balaban J connectivity index is 1.44. The third-order valence-electron chi connectivity index (χ3n) is 3.69. The number of thioether (sulfide) groups is 1. The molecule has 9 heteroatoms. The van der Waals surface area contributed by atoms with E-state index in [4.69, 9.17) is 13.7 Å². The van der Waals surface area contributed by atoms with Crippen molar-refractivity contribution in [2.45, 2.75) is 17.9 Å². The van der Waals surface area contributed by atoms with Crippen molar-refractivity contribution in [1.29, 1.82) is 0 Å². The summed E-state index contributed by atoms with van der Waals surface area (Å²) in [6.45, 7) is 2.49. The van der Waals surface area contributed by atoms with Gasteiger partial charge in [0.25, 0.3) is 11.1 Å². The van der Waals surface area contributed by atoms with Crippen LogP contribution in [0.2, 0.25) is 0 Å². The number of hydrogen-bond donors (Lipinski definition) is 0. The molecular formula is C19H15BrN4O3S. The molecule has 7 nitrogen and oxygen atoms in total. The minimum atomic E-state index is 0.409. The molecule has 2 aromatic heterocycles. The van der Waals surface area contributed by atoms with Crippen LogP contribution in [0.1, 0.15) is 12.8 Å². The predicted molar refractivity (Wildman–Crippen MR) is 108 cm³/mol. The molecule has 142 valence electrons. The average molecular weight is 459 g/mol. The van der Waals surface area contributed by atoms with E-state index in [1.54, 1.807) is 0 Å². The molecule has 2 aromatic carbocycles. The van der Waals surface area contributed by atoms with E-state index in [-0.39, 0.29) is 0 Å². The molecule has 0 bridgehead atoms. The van der Waals surface area contributed by atoms with Crippen LogP contribution in [-0.4, -0.2) is 26.9 Å². The summed E-state index contributed by atoms with van der Waals surface area (Å²) in [4.78, 5) is 4.41. The Hall–Kier alpha value is -2.65. The Morgan fingerprint density at radius 1 is 1.11 bits per heavy atom. The van der Waals surface area contributed by atoms with Crippen LogP contribution in [0.15, 0.2) is 67.2 Å². The van der Waals surface area contributed by atoms with E-state index in [1.807, 2.05) is 55.5 Å². The fourth-order valence-corrected chi connectivity index (χ4v) is 3.48. The molecule has 0 unspecified atom stereocenters. The predicted octanol–water partition coefficient (Wildman–Crippen LogP) is 5.24. The van der Waals surface area contributed by atoms with Crippen molar-refractivity contribution in [3.63, 3.8) is 0 Å². The zero-order chi connectivity index (χ0) is 19.3. The summed E-state index contributed by atoms with van der Waals surface area (Å²) in [6, 6.07) is 15.3. The first-order valence-corrected chi connectivity index (χ1v) is 10.3. The van der Waals surface area contributed by atoms with Gasteiger partial charge >= 0.3 is 0 Å². The maximum Gasteiger partial charge on any atom is 0.277 e. The summed E-state index contributed by atoms with van der Waals surface area (Å²) in [5.74, 6) is 2.56. The minimum Gasteiger partial charge on any atom is -0.493 e. The van der Waals surface area contributed by atoms with Crippen molar-refractivity contribution in [3.05, 3.63) is 58.9 Å². The number of halogens is 1. The highest BCUT2D eigenvalue weighted by Crippen LogP contribution is 2.31. The lowest BCUT2D eigenvalue weighted by molar-refractivity contribution is 0.340. The van der Waals surface area contributed by atoms with E-state index in [2.05, 4.69) is 36.3 Å². The van der Waals surface area contributed by atoms with Crippen LogP contribution in [0.5, 0.6) is 5.75 Å². The number of para-hydroxylation sites is 1. The van der Waals surface area contributed by atoms with E-state index in [1.165, 1.54) is 11.8 Å². The molecular weight excluding hydrogens is 444 g/mol. The van der Waals surface area contributed by atoms with Crippen LogP contribution < -0.4 is 4.74 Å². The molecule has 0 fully saturated rings. The fourth-order valence-electron chi connectivity index (χ4n) is 2.48. The number of hydrogen-bond acceptors (Lipinski definition) is 8. The lowest BCUT2D eigenvalue weighted by Crippen LogP contribution is -1.93. The molecule has 0 saturated heterocycles. The number of ether oxygens (including phenoxy) is 1. The van der Waals surface area contributed by atoms with Gasteiger partial charge in [-0.15, -0.1) is 10.2 Å². The van der Waals surface area contributed by atoms with Crippen molar-refractivity contribution >= 4 is 27.7 Å². The van der Waals surface area contributed by atoms with Gasteiger partial charge < -0.3 is 13.7 Å². The molecule has 0 aliphatic carbocycles. The van der Waals surface area contributed by atoms with Gasteiger partial charge in [-0.25, -0.2) is 0 Å². The summed E-state index contributed by atoms with van der Waals surface area (Å²) in [6.07, 6.45) is 0. The molecule has 28 heavy (non-hydrogen) atoms. The van der Waals surface area contributed by atoms with Gasteiger partial charge in [-0.3, -0.25) is 0 Å². The van der Waals surface area contributed by atoms with Gasteiger partial charge in [0.2, 0.25) is 11.7 Å². The molecule has 0 radical (unpaired) electrons. The second-order valence-corrected chi connectivity index (χ2v) is 7.46. The van der Waals surface area contributed by atoms with Crippen molar-refractivity contribution in [2.24, 2.45) is 0 Å². The maximum absolute atomic E-state index is 5.75. The van der Waals surface area contributed by atoms with Crippen molar-refractivity contribution in [2.75, 3.05) is 6.61 Å². The number of rotatable bonds is 7. The first kappa shape index (κ1) is 18.7.